The molecule has 10 heteroatoms. The Hall–Kier alpha value is -3.40. The van der Waals surface area contributed by atoms with Gasteiger partial charge in [-0.3, -0.25) is 15.0 Å². The Morgan fingerprint density at radius 1 is 1.14 bits per heavy atom. The lowest BCUT2D eigenvalue weighted by molar-refractivity contribution is -0.384. The molecular formula is C19H18F2N4O4. The Morgan fingerprint density at radius 2 is 1.79 bits per heavy atom. The van der Waals surface area contributed by atoms with Gasteiger partial charge >= 0.3 is 6.61 Å². The monoisotopic (exact) mass is 404 g/mol. The summed E-state index contributed by atoms with van der Waals surface area (Å²) in [6.45, 7) is -0.446. The molecule has 0 radical (unpaired) electrons. The van der Waals surface area contributed by atoms with E-state index in [1.807, 2.05) is 18.9 Å². The Balaban J connectivity index is 1.65. The molecule has 0 fully saturated rings. The number of halogens is 2. The van der Waals surface area contributed by atoms with Crippen molar-refractivity contribution in [3.05, 3.63) is 70.1 Å². The highest BCUT2D eigenvalue weighted by atomic mass is 19.3. The number of hydrogen-bond donors (Lipinski definition) is 0. The van der Waals surface area contributed by atoms with Crippen molar-refractivity contribution in [2.45, 2.75) is 26.1 Å². The maximum atomic E-state index is 12.2. The summed E-state index contributed by atoms with van der Waals surface area (Å²) < 4.78 is 34.5. The number of aromatic nitrogens is 2. The first-order chi connectivity index (χ1) is 13.8. The lowest BCUT2D eigenvalue weighted by Crippen LogP contribution is -2.22. The zero-order valence-electron chi connectivity index (χ0n) is 15.7. The van der Waals surface area contributed by atoms with Crippen LogP contribution in [0.1, 0.15) is 24.4 Å². The molecule has 8 nitrogen and oxygen atoms in total. The van der Waals surface area contributed by atoms with Crippen LogP contribution in [0.3, 0.4) is 0 Å². The lowest BCUT2D eigenvalue weighted by Gasteiger charge is -2.21. The SMILES string of the molecule is C[C@H](c1nnc(-c2ccc([N+](=O)[O-])cc2)o1)N(C)Cc1ccc(OC(F)F)cc1. The third kappa shape index (κ3) is 5.11. The van der Waals surface area contributed by atoms with E-state index in [0.717, 1.165) is 5.56 Å². The lowest BCUT2D eigenvalue weighted by atomic mass is 10.2. The van der Waals surface area contributed by atoms with Crippen LogP contribution in [-0.4, -0.2) is 33.7 Å². The molecule has 1 atom stereocenters. The van der Waals surface area contributed by atoms with E-state index < -0.39 is 11.5 Å². The van der Waals surface area contributed by atoms with Gasteiger partial charge in [-0.2, -0.15) is 8.78 Å². The maximum Gasteiger partial charge on any atom is 0.387 e. The number of ether oxygens (including phenoxy) is 1. The molecule has 0 bridgehead atoms. The van der Waals surface area contributed by atoms with Gasteiger partial charge in [0.1, 0.15) is 5.75 Å². The predicted molar refractivity (Wildman–Crippen MR) is 99.3 cm³/mol. The summed E-state index contributed by atoms with van der Waals surface area (Å²) in [6.07, 6.45) is 0. The van der Waals surface area contributed by atoms with Crippen molar-refractivity contribution in [3.63, 3.8) is 0 Å². The van der Waals surface area contributed by atoms with E-state index in [-0.39, 0.29) is 23.4 Å². The fourth-order valence-corrected chi connectivity index (χ4v) is 2.64. The zero-order valence-corrected chi connectivity index (χ0v) is 15.7. The fourth-order valence-electron chi connectivity index (χ4n) is 2.64. The normalized spacial score (nSPS) is 12.3. The van der Waals surface area contributed by atoms with E-state index in [1.54, 1.807) is 24.3 Å². The second-order valence-electron chi connectivity index (χ2n) is 6.36. The summed E-state index contributed by atoms with van der Waals surface area (Å²) in [5.41, 5.74) is 1.46. The minimum Gasteiger partial charge on any atom is -0.435 e. The average Bonchev–Trinajstić information content (AvgIpc) is 3.18. The van der Waals surface area contributed by atoms with E-state index in [2.05, 4.69) is 14.9 Å². The number of rotatable bonds is 8. The zero-order chi connectivity index (χ0) is 21.0. The molecule has 29 heavy (non-hydrogen) atoms. The molecule has 0 aliphatic heterocycles. The first-order valence-electron chi connectivity index (χ1n) is 8.65. The predicted octanol–water partition coefficient (Wildman–Crippen LogP) is 4.44. The Morgan fingerprint density at radius 3 is 2.38 bits per heavy atom. The van der Waals surface area contributed by atoms with Crippen LogP contribution in [-0.2, 0) is 6.54 Å². The Bertz CT molecular complexity index is 961. The summed E-state index contributed by atoms with van der Waals surface area (Å²) in [6, 6.07) is 12.0. The first kappa shape index (κ1) is 20.3. The fraction of sp³-hybridized carbons (Fsp3) is 0.263. The van der Waals surface area contributed by atoms with Crippen LogP contribution >= 0.6 is 0 Å². The third-order valence-electron chi connectivity index (χ3n) is 4.36. The number of benzene rings is 2. The molecule has 3 aromatic rings. The van der Waals surface area contributed by atoms with Crippen molar-refractivity contribution in [2.75, 3.05) is 7.05 Å². The minimum atomic E-state index is -2.86. The molecule has 1 aromatic heterocycles. The van der Waals surface area contributed by atoms with Gasteiger partial charge in [-0.15, -0.1) is 10.2 Å². The first-order valence-corrected chi connectivity index (χ1v) is 8.65. The third-order valence-corrected chi connectivity index (χ3v) is 4.36. The van der Waals surface area contributed by atoms with Crippen molar-refractivity contribution in [1.29, 1.82) is 0 Å². The quantitative estimate of drug-likeness (QED) is 0.405. The molecule has 1 heterocycles. The maximum absolute atomic E-state index is 12.2. The van der Waals surface area contributed by atoms with Gasteiger partial charge in [-0.05, 0) is 43.8 Å². The van der Waals surface area contributed by atoms with Crippen molar-refractivity contribution in [3.8, 4) is 17.2 Å². The van der Waals surface area contributed by atoms with E-state index in [9.17, 15) is 18.9 Å². The van der Waals surface area contributed by atoms with E-state index in [4.69, 9.17) is 4.42 Å². The van der Waals surface area contributed by atoms with Gasteiger partial charge in [0.25, 0.3) is 5.69 Å². The smallest absolute Gasteiger partial charge is 0.387 e. The molecule has 0 N–H and O–H groups in total. The average molecular weight is 404 g/mol. The highest BCUT2D eigenvalue weighted by Crippen LogP contribution is 2.26. The van der Waals surface area contributed by atoms with Gasteiger partial charge in [-0.25, -0.2) is 0 Å². The molecule has 152 valence electrons. The molecule has 0 aliphatic rings. The standard InChI is InChI=1S/C19H18F2N4O4/c1-12(24(2)11-13-3-9-16(10-4-13)28-19(20)21)17-22-23-18(29-17)14-5-7-15(8-6-14)25(26)27/h3-10,12,19H,11H2,1-2H3/t12-/m1/s1. The highest BCUT2D eigenvalue weighted by molar-refractivity contribution is 5.55. The second kappa shape index (κ2) is 8.74. The van der Waals surface area contributed by atoms with Gasteiger partial charge in [0.2, 0.25) is 11.8 Å². The topological polar surface area (TPSA) is 94.5 Å². The molecular weight excluding hydrogens is 386 g/mol. The molecule has 0 saturated heterocycles. The second-order valence-corrected chi connectivity index (χ2v) is 6.36. The molecule has 0 saturated carbocycles. The Kier molecular flexibility index (Phi) is 6.13. The van der Waals surface area contributed by atoms with Crippen LogP contribution in [0.5, 0.6) is 5.75 Å². The Labute approximate surface area is 164 Å². The van der Waals surface area contributed by atoms with Crippen molar-refractivity contribution < 1.29 is 22.9 Å². The highest BCUT2D eigenvalue weighted by Gasteiger charge is 2.20. The summed E-state index contributed by atoms with van der Waals surface area (Å²) in [5, 5.41) is 18.8. The number of hydrogen-bond acceptors (Lipinski definition) is 7. The van der Waals surface area contributed by atoms with Crippen molar-refractivity contribution in [1.82, 2.24) is 15.1 Å². The minimum absolute atomic E-state index is 0.0217. The van der Waals surface area contributed by atoms with Crippen LogP contribution in [0, 0.1) is 10.1 Å². The summed E-state index contributed by atoms with van der Waals surface area (Å²) in [5.74, 6) is 0.756. The number of nitrogens with zero attached hydrogens (tertiary/aromatic N) is 4. The number of nitro benzene ring substituents is 1. The molecule has 2 aromatic carbocycles. The molecule has 0 aliphatic carbocycles. The number of non-ortho nitro benzene ring substituents is 1. The van der Waals surface area contributed by atoms with Gasteiger partial charge in [0, 0.05) is 24.2 Å². The van der Waals surface area contributed by atoms with Gasteiger partial charge < -0.3 is 9.15 Å². The van der Waals surface area contributed by atoms with E-state index >= 15 is 0 Å². The molecule has 0 amide bonds. The van der Waals surface area contributed by atoms with Crippen LogP contribution < -0.4 is 4.74 Å². The summed E-state index contributed by atoms with van der Waals surface area (Å²) in [4.78, 5) is 12.2. The van der Waals surface area contributed by atoms with Crippen LogP contribution in [0.25, 0.3) is 11.5 Å². The van der Waals surface area contributed by atoms with Gasteiger partial charge in [0.15, 0.2) is 0 Å². The van der Waals surface area contributed by atoms with Gasteiger partial charge in [0.05, 0.1) is 11.0 Å². The van der Waals surface area contributed by atoms with Crippen molar-refractivity contribution in [2.24, 2.45) is 0 Å². The largest absolute Gasteiger partial charge is 0.435 e. The van der Waals surface area contributed by atoms with Crippen molar-refractivity contribution >= 4 is 5.69 Å². The number of alkyl halides is 2. The van der Waals surface area contributed by atoms with E-state index in [1.165, 1.54) is 24.3 Å². The van der Waals surface area contributed by atoms with Crippen LogP contribution in [0.2, 0.25) is 0 Å². The summed E-state index contributed by atoms with van der Waals surface area (Å²) in [7, 11) is 1.87. The molecule has 3 rings (SSSR count). The molecule has 0 unspecified atom stereocenters. The molecule has 0 spiro atoms. The number of nitro groups is 1. The summed E-state index contributed by atoms with van der Waals surface area (Å²) >= 11 is 0. The van der Waals surface area contributed by atoms with Gasteiger partial charge in [-0.1, -0.05) is 12.1 Å². The van der Waals surface area contributed by atoms with Crippen LogP contribution in [0.15, 0.2) is 52.9 Å². The van der Waals surface area contributed by atoms with Crippen LogP contribution in [0.4, 0.5) is 14.5 Å². The van der Waals surface area contributed by atoms with E-state index in [0.29, 0.717) is 18.0 Å².